The minimum atomic E-state index is -4.42. The Morgan fingerprint density at radius 1 is 0.875 bits per heavy atom. The number of alkyl halides is 3. The first-order chi connectivity index (χ1) is 11.4. The summed E-state index contributed by atoms with van der Waals surface area (Å²) in [6.07, 6.45) is -1.49. The van der Waals surface area contributed by atoms with Gasteiger partial charge in [0.2, 0.25) is 5.28 Å². The van der Waals surface area contributed by atoms with Gasteiger partial charge in [0, 0.05) is 23.5 Å². The lowest BCUT2D eigenvalue weighted by atomic mass is 10.0. The molecule has 0 radical (unpaired) electrons. The zero-order valence-electron chi connectivity index (χ0n) is 11.7. The van der Waals surface area contributed by atoms with Crippen LogP contribution in [0.1, 0.15) is 5.56 Å². The van der Waals surface area contributed by atoms with Gasteiger partial charge in [0.1, 0.15) is 11.4 Å². The monoisotopic (exact) mass is 370 g/mol. The number of aromatic nitrogens is 4. The molecule has 1 aromatic carbocycles. The van der Waals surface area contributed by atoms with E-state index in [9.17, 15) is 13.2 Å². The fraction of sp³-hybridized carbons (Fsp3) is 0.0667. The molecule has 0 spiro atoms. The highest BCUT2D eigenvalue weighted by atomic mass is 35.5. The zero-order chi connectivity index (χ0) is 17.3. The summed E-state index contributed by atoms with van der Waals surface area (Å²) in [4.78, 5) is 7.99. The van der Waals surface area contributed by atoms with E-state index in [1.54, 1.807) is 6.07 Å². The number of benzene rings is 1. The van der Waals surface area contributed by atoms with Crippen molar-refractivity contribution in [3.63, 3.8) is 0 Å². The smallest absolute Gasteiger partial charge is 0.263 e. The van der Waals surface area contributed by atoms with Crippen molar-refractivity contribution in [3.05, 3.63) is 58.6 Å². The van der Waals surface area contributed by atoms with E-state index < -0.39 is 11.7 Å². The Labute approximate surface area is 144 Å². The maximum absolute atomic E-state index is 12.7. The Hall–Kier alpha value is -2.25. The zero-order valence-corrected chi connectivity index (χ0v) is 13.2. The van der Waals surface area contributed by atoms with Crippen LogP contribution in [0.5, 0.6) is 0 Å². The van der Waals surface area contributed by atoms with E-state index in [0.717, 1.165) is 12.1 Å². The number of nitrogens with zero attached hydrogens (tertiary/aromatic N) is 4. The van der Waals surface area contributed by atoms with E-state index in [0.29, 0.717) is 21.8 Å². The van der Waals surface area contributed by atoms with Gasteiger partial charge in [0.05, 0.1) is 10.6 Å². The van der Waals surface area contributed by atoms with Gasteiger partial charge in [-0.15, -0.1) is 10.2 Å². The van der Waals surface area contributed by atoms with Crippen molar-refractivity contribution >= 4 is 23.2 Å². The van der Waals surface area contributed by atoms with Gasteiger partial charge in [-0.25, -0.2) is 4.98 Å². The van der Waals surface area contributed by atoms with E-state index in [1.807, 2.05) is 0 Å². The van der Waals surface area contributed by atoms with Gasteiger partial charge >= 0.3 is 6.18 Å². The highest BCUT2D eigenvalue weighted by Crippen LogP contribution is 2.35. The number of hydrogen-bond acceptors (Lipinski definition) is 4. The lowest BCUT2D eigenvalue weighted by Gasteiger charge is -2.10. The van der Waals surface area contributed by atoms with Crippen LogP contribution in [0.15, 0.2) is 42.7 Å². The first-order valence-electron chi connectivity index (χ1n) is 6.54. The summed E-state index contributed by atoms with van der Waals surface area (Å²) in [7, 11) is 0. The Morgan fingerprint density at radius 2 is 1.58 bits per heavy atom. The van der Waals surface area contributed by atoms with Gasteiger partial charge in [0.15, 0.2) is 0 Å². The molecule has 122 valence electrons. The second-order valence-corrected chi connectivity index (χ2v) is 5.45. The van der Waals surface area contributed by atoms with E-state index in [-0.39, 0.29) is 11.0 Å². The molecule has 9 heteroatoms. The average Bonchev–Trinajstić information content (AvgIpc) is 2.54. The van der Waals surface area contributed by atoms with Gasteiger partial charge in [-0.3, -0.25) is 4.98 Å². The lowest BCUT2D eigenvalue weighted by Crippen LogP contribution is -2.04. The molecule has 0 N–H and O–H groups in total. The lowest BCUT2D eigenvalue weighted by molar-refractivity contribution is -0.137. The second kappa shape index (κ2) is 6.33. The molecule has 4 nitrogen and oxygen atoms in total. The van der Waals surface area contributed by atoms with Crippen molar-refractivity contribution < 1.29 is 13.2 Å². The second-order valence-electron chi connectivity index (χ2n) is 4.71. The maximum Gasteiger partial charge on any atom is 0.416 e. The van der Waals surface area contributed by atoms with Crippen molar-refractivity contribution in [2.75, 3.05) is 0 Å². The molecule has 0 bridgehead atoms. The Morgan fingerprint density at radius 3 is 2.21 bits per heavy atom. The van der Waals surface area contributed by atoms with Gasteiger partial charge in [-0.2, -0.15) is 13.2 Å². The molecule has 0 aliphatic heterocycles. The molecule has 0 unspecified atom stereocenters. The third-order valence-corrected chi connectivity index (χ3v) is 3.64. The van der Waals surface area contributed by atoms with Crippen LogP contribution in [0.25, 0.3) is 22.5 Å². The van der Waals surface area contributed by atoms with Crippen LogP contribution < -0.4 is 0 Å². The van der Waals surface area contributed by atoms with Crippen LogP contribution in [0.4, 0.5) is 13.2 Å². The van der Waals surface area contributed by atoms with Crippen LogP contribution in [0.2, 0.25) is 10.3 Å². The summed E-state index contributed by atoms with van der Waals surface area (Å²) in [6, 6.07) is 6.12. The molecular formula is C15H7Cl2F3N4. The minimum absolute atomic E-state index is 0.103. The summed E-state index contributed by atoms with van der Waals surface area (Å²) in [5, 5.41) is 7.82. The molecule has 0 saturated carbocycles. The number of halogens is 5. The highest BCUT2D eigenvalue weighted by molar-refractivity contribution is 6.33. The van der Waals surface area contributed by atoms with Crippen molar-refractivity contribution in [3.8, 4) is 22.5 Å². The van der Waals surface area contributed by atoms with E-state index >= 15 is 0 Å². The fourth-order valence-corrected chi connectivity index (χ4v) is 2.40. The van der Waals surface area contributed by atoms with Crippen molar-refractivity contribution in [1.82, 2.24) is 20.2 Å². The summed E-state index contributed by atoms with van der Waals surface area (Å²) < 4.78 is 38.1. The maximum atomic E-state index is 12.7. The van der Waals surface area contributed by atoms with Gasteiger partial charge < -0.3 is 0 Å². The van der Waals surface area contributed by atoms with Crippen LogP contribution in [0, 0.1) is 0 Å². The Bertz CT molecular complexity index is 883. The molecule has 0 aliphatic carbocycles. The molecule has 2 heterocycles. The van der Waals surface area contributed by atoms with Crippen LogP contribution >= 0.6 is 23.2 Å². The largest absolute Gasteiger partial charge is 0.416 e. The summed E-state index contributed by atoms with van der Waals surface area (Å²) >= 11 is 11.9. The highest BCUT2D eigenvalue weighted by Gasteiger charge is 2.30. The average molecular weight is 371 g/mol. The third-order valence-electron chi connectivity index (χ3n) is 3.17. The summed E-state index contributed by atoms with van der Waals surface area (Å²) in [5.74, 6) is 0. The fourth-order valence-electron chi connectivity index (χ4n) is 2.07. The van der Waals surface area contributed by atoms with E-state index in [4.69, 9.17) is 23.2 Å². The molecule has 3 aromatic rings. The minimum Gasteiger partial charge on any atom is -0.263 e. The molecule has 0 aliphatic rings. The first-order valence-corrected chi connectivity index (χ1v) is 7.29. The summed E-state index contributed by atoms with van der Waals surface area (Å²) in [6.45, 7) is 0. The van der Waals surface area contributed by atoms with Gasteiger partial charge in [-0.1, -0.05) is 23.7 Å². The SMILES string of the molecule is FC(F)(F)c1ccc(-c2nnc(Cl)nc2-c2ccncc2Cl)cc1. The Balaban J connectivity index is 2.14. The number of rotatable bonds is 2. The molecule has 0 fully saturated rings. The standard InChI is InChI=1S/C15H7Cl2F3N4/c16-11-7-21-6-5-10(11)13-12(23-24-14(17)22-13)8-1-3-9(4-2-8)15(18,19)20/h1-7H. The Kier molecular flexibility index (Phi) is 4.38. The molecule has 0 atom stereocenters. The van der Waals surface area contributed by atoms with E-state index in [2.05, 4.69) is 20.2 Å². The van der Waals surface area contributed by atoms with Crippen molar-refractivity contribution in [1.29, 1.82) is 0 Å². The molecular weight excluding hydrogens is 364 g/mol. The molecule has 0 saturated heterocycles. The molecule has 3 rings (SSSR count). The predicted molar refractivity (Wildman–Crippen MR) is 83.5 cm³/mol. The van der Waals surface area contributed by atoms with Crippen LogP contribution in [0.3, 0.4) is 0 Å². The van der Waals surface area contributed by atoms with Crippen LogP contribution in [-0.4, -0.2) is 20.2 Å². The van der Waals surface area contributed by atoms with E-state index in [1.165, 1.54) is 24.5 Å². The normalized spacial score (nSPS) is 11.5. The molecule has 24 heavy (non-hydrogen) atoms. The molecule has 0 amide bonds. The van der Waals surface area contributed by atoms with Crippen molar-refractivity contribution in [2.24, 2.45) is 0 Å². The molecule has 2 aromatic heterocycles. The van der Waals surface area contributed by atoms with Crippen LogP contribution in [-0.2, 0) is 6.18 Å². The number of hydrogen-bond donors (Lipinski definition) is 0. The first kappa shape index (κ1) is 16.6. The summed E-state index contributed by atoms with van der Waals surface area (Å²) in [5.41, 5.74) is 0.717. The van der Waals surface area contributed by atoms with Gasteiger partial charge in [0.25, 0.3) is 0 Å². The topological polar surface area (TPSA) is 51.6 Å². The predicted octanol–water partition coefficient (Wildman–Crippen LogP) is 4.93. The third kappa shape index (κ3) is 3.32. The number of pyridine rings is 1. The van der Waals surface area contributed by atoms with Gasteiger partial charge in [-0.05, 0) is 29.8 Å². The van der Waals surface area contributed by atoms with Crippen molar-refractivity contribution in [2.45, 2.75) is 6.18 Å². The quantitative estimate of drug-likeness (QED) is 0.641.